The molecule has 0 aliphatic carbocycles. The van der Waals surface area contributed by atoms with Gasteiger partial charge in [0.15, 0.2) is 5.82 Å². The second kappa shape index (κ2) is 4.78. The Bertz CT molecular complexity index is 347. The quantitative estimate of drug-likeness (QED) is 0.743. The van der Waals surface area contributed by atoms with Gasteiger partial charge in [0.05, 0.1) is 17.7 Å². The van der Waals surface area contributed by atoms with E-state index in [1.54, 1.807) is 10.9 Å². The van der Waals surface area contributed by atoms with Gasteiger partial charge in [-0.3, -0.25) is 4.68 Å². The lowest BCUT2D eigenvalue weighted by Crippen LogP contribution is -2.08. The molecule has 0 saturated carbocycles. The minimum Gasteiger partial charge on any atom is -0.381 e. The number of anilines is 1. The van der Waals surface area contributed by atoms with Gasteiger partial charge in [-0.2, -0.15) is 5.26 Å². The first-order valence-electron chi connectivity index (χ1n) is 5.10. The van der Waals surface area contributed by atoms with Crippen LogP contribution >= 0.6 is 0 Å². The van der Waals surface area contributed by atoms with Crippen molar-refractivity contribution in [2.45, 2.75) is 39.7 Å². The Labute approximate surface area is 89.9 Å². The molecule has 0 bridgehead atoms. The third kappa shape index (κ3) is 3.98. The molecule has 2 N–H and O–H groups in total. The minimum atomic E-state index is -0.221. The van der Waals surface area contributed by atoms with Gasteiger partial charge in [-0.15, -0.1) is 5.10 Å². The maximum absolute atomic E-state index is 8.82. The molecule has 15 heavy (non-hydrogen) atoms. The van der Waals surface area contributed by atoms with Crippen LogP contribution in [0.2, 0.25) is 0 Å². The highest BCUT2D eigenvalue weighted by atomic mass is 15.4. The Morgan fingerprint density at radius 3 is 2.80 bits per heavy atom. The molecule has 1 heterocycles. The molecule has 0 atom stereocenters. The van der Waals surface area contributed by atoms with E-state index >= 15 is 0 Å². The standard InChI is InChI=1S/C10H17N5/c1-10(2,8-11)5-3-4-6-15-7-9(12)13-14-15/h7H,3-6,12H2,1-2H3. The van der Waals surface area contributed by atoms with E-state index < -0.39 is 0 Å². The number of hydrogen-bond donors (Lipinski definition) is 1. The molecule has 5 heteroatoms. The zero-order valence-electron chi connectivity index (χ0n) is 9.27. The average molecular weight is 207 g/mol. The normalized spacial score (nSPS) is 11.3. The van der Waals surface area contributed by atoms with Crippen LogP contribution in [-0.2, 0) is 6.54 Å². The third-order valence-electron chi connectivity index (χ3n) is 2.30. The maximum Gasteiger partial charge on any atom is 0.165 e. The Morgan fingerprint density at radius 1 is 1.53 bits per heavy atom. The van der Waals surface area contributed by atoms with E-state index in [-0.39, 0.29) is 5.41 Å². The summed E-state index contributed by atoms with van der Waals surface area (Å²) in [6.07, 6.45) is 4.64. The number of nitriles is 1. The van der Waals surface area contributed by atoms with Crippen molar-refractivity contribution in [3.8, 4) is 6.07 Å². The van der Waals surface area contributed by atoms with Crippen LogP contribution in [0.15, 0.2) is 6.20 Å². The molecule has 0 radical (unpaired) electrons. The van der Waals surface area contributed by atoms with Crippen molar-refractivity contribution >= 4 is 5.82 Å². The van der Waals surface area contributed by atoms with Gasteiger partial charge < -0.3 is 5.73 Å². The van der Waals surface area contributed by atoms with Crippen molar-refractivity contribution in [3.63, 3.8) is 0 Å². The Morgan fingerprint density at radius 2 is 2.27 bits per heavy atom. The van der Waals surface area contributed by atoms with Gasteiger partial charge in [-0.25, -0.2) is 0 Å². The average Bonchev–Trinajstić information content (AvgIpc) is 2.59. The zero-order valence-corrected chi connectivity index (χ0v) is 9.27. The topological polar surface area (TPSA) is 80.5 Å². The molecule has 82 valence electrons. The van der Waals surface area contributed by atoms with Crippen molar-refractivity contribution in [1.29, 1.82) is 5.26 Å². The predicted octanol–water partition coefficient (Wildman–Crippen LogP) is 1.58. The number of hydrogen-bond acceptors (Lipinski definition) is 4. The largest absolute Gasteiger partial charge is 0.381 e. The summed E-state index contributed by atoms with van der Waals surface area (Å²) in [4.78, 5) is 0. The molecular formula is C10H17N5. The van der Waals surface area contributed by atoms with Gasteiger partial charge in [0.25, 0.3) is 0 Å². The molecule has 1 rings (SSSR count). The Hall–Kier alpha value is -1.57. The van der Waals surface area contributed by atoms with Crippen molar-refractivity contribution in [2.24, 2.45) is 5.41 Å². The van der Waals surface area contributed by atoms with Crippen molar-refractivity contribution in [2.75, 3.05) is 5.73 Å². The fourth-order valence-corrected chi connectivity index (χ4v) is 1.32. The first-order chi connectivity index (χ1) is 7.03. The SMILES string of the molecule is CC(C)(C#N)CCCCn1cc(N)nn1. The summed E-state index contributed by atoms with van der Waals surface area (Å²) in [6.45, 7) is 4.73. The van der Waals surface area contributed by atoms with Gasteiger partial charge in [0.1, 0.15) is 0 Å². The van der Waals surface area contributed by atoms with Crippen LogP contribution < -0.4 is 5.73 Å². The Balaban J connectivity index is 2.21. The number of aryl methyl sites for hydroxylation is 1. The van der Waals surface area contributed by atoms with Gasteiger partial charge in [-0.1, -0.05) is 11.6 Å². The van der Waals surface area contributed by atoms with Crippen LogP contribution in [0.3, 0.4) is 0 Å². The van der Waals surface area contributed by atoms with Crippen molar-refractivity contribution < 1.29 is 0 Å². The van der Waals surface area contributed by atoms with Crippen LogP contribution in [0.25, 0.3) is 0 Å². The summed E-state index contributed by atoms with van der Waals surface area (Å²) < 4.78 is 1.73. The molecule has 0 aliphatic rings. The fraction of sp³-hybridized carbons (Fsp3) is 0.700. The number of nitrogens with two attached hydrogens (primary N) is 1. The first kappa shape index (κ1) is 11.5. The maximum atomic E-state index is 8.82. The molecule has 0 spiro atoms. The number of unbranched alkanes of at least 4 members (excludes halogenated alkanes) is 1. The smallest absolute Gasteiger partial charge is 0.165 e. The molecule has 0 unspecified atom stereocenters. The lowest BCUT2D eigenvalue weighted by Gasteiger charge is -2.13. The third-order valence-corrected chi connectivity index (χ3v) is 2.30. The minimum absolute atomic E-state index is 0.221. The number of nitrogen functional groups attached to an aromatic ring is 1. The van der Waals surface area contributed by atoms with Crippen molar-refractivity contribution in [3.05, 3.63) is 6.20 Å². The zero-order chi connectivity index (χ0) is 11.3. The molecule has 0 fully saturated rings. The van der Waals surface area contributed by atoms with Crippen LogP contribution in [0.1, 0.15) is 33.1 Å². The molecule has 0 aliphatic heterocycles. The van der Waals surface area contributed by atoms with Gasteiger partial charge in [-0.05, 0) is 26.7 Å². The van der Waals surface area contributed by atoms with E-state index in [1.165, 1.54) is 0 Å². The second-order valence-electron chi connectivity index (χ2n) is 4.36. The monoisotopic (exact) mass is 207 g/mol. The van der Waals surface area contributed by atoms with Crippen LogP contribution in [0.4, 0.5) is 5.82 Å². The highest BCUT2D eigenvalue weighted by molar-refractivity contribution is 5.19. The molecular weight excluding hydrogens is 190 g/mol. The van der Waals surface area contributed by atoms with E-state index in [0.29, 0.717) is 5.82 Å². The molecule has 0 aromatic carbocycles. The lowest BCUT2D eigenvalue weighted by molar-refractivity contribution is 0.410. The second-order valence-corrected chi connectivity index (χ2v) is 4.36. The summed E-state index contributed by atoms with van der Waals surface area (Å²) in [7, 11) is 0. The van der Waals surface area contributed by atoms with Crippen LogP contribution in [0.5, 0.6) is 0 Å². The molecule has 0 amide bonds. The Kier molecular flexibility index (Phi) is 3.67. The predicted molar refractivity (Wildman–Crippen MR) is 57.7 cm³/mol. The van der Waals surface area contributed by atoms with Gasteiger partial charge in [0, 0.05) is 6.54 Å². The molecule has 1 aromatic rings. The van der Waals surface area contributed by atoms with Crippen molar-refractivity contribution in [1.82, 2.24) is 15.0 Å². The van der Waals surface area contributed by atoms with Crippen LogP contribution in [0, 0.1) is 16.7 Å². The lowest BCUT2D eigenvalue weighted by atomic mass is 9.89. The van der Waals surface area contributed by atoms with E-state index in [0.717, 1.165) is 25.8 Å². The summed E-state index contributed by atoms with van der Waals surface area (Å²) in [6, 6.07) is 2.29. The van der Waals surface area contributed by atoms with Crippen LogP contribution in [-0.4, -0.2) is 15.0 Å². The van der Waals surface area contributed by atoms with E-state index in [2.05, 4.69) is 16.4 Å². The van der Waals surface area contributed by atoms with Gasteiger partial charge >= 0.3 is 0 Å². The first-order valence-corrected chi connectivity index (χ1v) is 5.10. The summed E-state index contributed by atoms with van der Waals surface area (Å²) in [5.74, 6) is 0.451. The van der Waals surface area contributed by atoms with E-state index in [1.807, 2.05) is 13.8 Å². The number of aromatic nitrogens is 3. The summed E-state index contributed by atoms with van der Waals surface area (Å²) in [5, 5.41) is 16.4. The van der Waals surface area contributed by atoms with E-state index in [9.17, 15) is 0 Å². The molecule has 1 aromatic heterocycles. The number of nitrogens with zero attached hydrogens (tertiary/aromatic N) is 4. The molecule has 5 nitrogen and oxygen atoms in total. The molecule has 0 saturated heterocycles. The highest BCUT2D eigenvalue weighted by Gasteiger charge is 2.15. The summed E-state index contributed by atoms with van der Waals surface area (Å²) >= 11 is 0. The fourth-order valence-electron chi connectivity index (χ4n) is 1.32. The number of rotatable bonds is 5. The summed E-state index contributed by atoms with van der Waals surface area (Å²) in [5.41, 5.74) is 5.22. The van der Waals surface area contributed by atoms with Gasteiger partial charge in [0.2, 0.25) is 0 Å². The van der Waals surface area contributed by atoms with E-state index in [4.69, 9.17) is 11.0 Å². The highest BCUT2D eigenvalue weighted by Crippen LogP contribution is 2.21.